The van der Waals surface area contributed by atoms with Crippen molar-refractivity contribution in [2.75, 3.05) is 0 Å². The molecule has 0 radical (unpaired) electrons. The van der Waals surface area contributed by atoms with E-state index in [2.05, 4.69) is 143 Å². The third kappa shape index (κ3) is 5.27. The zero-order valence-electron chi connectivity index (χ0n) is 30.2. The molecule has 5 aromatic carbocycles. The zero-order chi connectivity index (χ0) is 37.0. The molecule has 0 unspecified atom stereocenters. The zero-order valence-corrected chi connectivity index (χ0v) is 30.2. The lowest BCUT2D eigenvalue weighted by molar-refractivity contribution is 1.13. The summed E-state index contributed by atoms with van der Waals surface area (Å²) < 4.78 is 4.63. The molecular formula is C50H32N6. The number of pyridine rings is 4. The predicted octanol–water partition coefficient (Wildman–Crippen LogP) is 12.1. The average Bonchev–Trinajstić information content (AvgIpc) is 3.79. The van der Waals surface area contributed by atoms with Crippen LogP contribution in [0.4, 0.5) is 0 Å². The van der Waals surface area contributed by atoms with E-state index in [0.717, 1.165) is 100 Å². The largest absolute Gasteiger partial charge is 0.308 e. The molecule has 0 atom stereocenters. The van der Waals surface area contributed by atoms with Gasteiger partial charge in [0.15, 0.2) is 0 Å². The van der Waals surface area contributed by atoms with Gasteiger partial charge in [0.25, 0.3) is 0 Å². The first-order chi connectivity index (χ1) is 27.8. The quantitative estimate of drug-likeness (QED) is 0.172. The number of benzene rings is 5. The highest BCUT2D eigenvalue weighted by Crippen LogP contribution is 2.37. The Morgan fingerprint density at radius 3 is 1.20 bits per heavy atom. The van der Waals surface area contributed by atoms with Crippen LogP contribution < -0.4 is 0 Å². The van der Waals surface area contributed by atoms with E-state index >= 15 is 0 Å². The van der Waals surface area contributed by atoms with Gasteiger partial charge < -0.3 is 9.13 Å². The predicted molar refractivity (Wildman–Crippen MR) is 228 cm³/mol. The van der Waals surface area contributed by atoms with E-state index < -0.39 is 0 Å². The lowest BCUT2D eigenvalue weighted by atomic mass is 10.1. The molecule has 6 heterocycles. The summed E-state index contributed by atoms with van der Waals surface area (Å²) in [5, 5.41) is 2.16. The first kappa shape index (κ1) is 31.8. The van der Waals surface area contributed by atoms with Crippen LogP contribution >= 0.6 is 0 Å². The van der Waals surface area contributed by atoms with E-state index in [9.17, 15) is 0 Å². The molecule has 0 saturated carbocycles. The van der Waals surface area contributed by atoms with E-state index in [4.69, 9.17) is 19.9 Å². The van der Waals surface area contributed by atoms with Gasteiger partial charge in [-0.05, 0) is 91.0 Å². The van der Waals surface area contributed by atoms with Crippen molar-refractivity contribution in [2.45, 2.75) is 0 Å². The van der Waals surface area contributed by atoms with Gasteiger partial charge in [-0.1, -0.05) is 91.0 Å². The van der Waals surface area contributed by atoms with Gasteiger partial charge in [0.05, 0.1) is 55.9 Å². The lowest BCUT2D eigenvalue weighted by Crippen LogP contribution is -1.98. The summed E-state index contributed by atoms with van der Waals surface area (Å²) in [5.41, 5.74) is 16.3. The minimum absolute atomic E-state index is 0.926. The van der Waals surface area contributed by atoms with E-state index in [0.29, 0.717) is 0 Å². The molecule has 0 spiro atoms. The molecule has 11 rings (SSSR count). The molecule has 11 aromatic rings. The van der Waals surface area contributed by atoms with Crippen LogP contribution in [-0.2, 0) is 0 Å². The molecule has 0 aliphatic rings. The van der Waals surface area contributed by atoms with Gasteiger partial charge in [-0.3, -0.25) is 9.97 Å². The third-order valence-corrected chi connectivity index (χ3v) is 10.6. The Morgan fingerprint density at radius 1 is 0.304 bits per heavy atom. The van der Waals surface area contributed by atoms with Gasteiger partial charge in [0.2, 0.25) is 0 Å². The van der Waals surface area contributed by atoms with Gasteiger partial charge in [0.1, 0.15) is 0 Å². The highest BCUT2D eigenvalue weighted by Gasteiger charge is 2.18. The summed E-state index contributed by atoms with van der Waals surface area (Å²) in [6.07, 6.45) is 3.74. The number of rotatable bonds is 6. The van der Waals surface area contributed by atoms with Gasteiger partial charge in [-0.15, -0.1) is 0 Å². The lowest BCUT2D eigenvalue weighted by Gasteiger charge is -2.13. The van der Waals surface area contributed by atoms with E-state index in [1.807, 2.05) is 60.9 Å². The fourth-order valence-electron chi connectivity index (χ4n) is 8.05. The van der Waals surface area contributed by atoms with Gasteiger partial charge in [0, 0.05) is 56.8 Å². The minimum atomic E-state index is 0.926. The Labute approximate surface area is 322 Å². The molecular weight excluding hydrogens is 685 g/mol. The Bertz CT molecular complexity index is 3040. The summed E-state index contributed by atoms with van der Waals surface area (Å²) in [7, 11) is 0. The fraction of sp³-hybridized carbons (Fsp3) is 0. The van der Waals surface area contributed by atoms with Crippen molar-refractivity contribution in [3.63, 3.8) is 0 Å². The summed E-state index contributed by atoms with van der Waals surface area (Å²) in [6.45, 7) is 0. The molecule has 0 saturated heterocycles. The SMILES string of the molecule is c1ccc(-c2cccc(-c3ccc4c(c3)c3ncccc3n4-c3cccc(-n4c5ccc(-c6cccc(-c7ccccc7)n6)cc5c5ncccc54)c3)n2)cc1. The van der Waals surface area contributed by atoms with Gasteiger partial charge >= 0.3 is 0 Å². The third-order valence-electron chi connectivity index (χ3n) is 10.6. The molecule has 0 fully saturated rings. The van der Waals surface area contributed by atoms with Crippen LogP contribution in [-0.4, -0.2) is 29.1 Å². The molecule has 6 nitrogen and oxygen atoms in total. The Hall–Kier alpha value is -7.70. The first-order valence-electron chi connectivity index (χ1n) is 18.7. The molecule has 6 heteroatoms. The molecule has 0 bridgehead atoms. The number of nitrogens with zero attached hydrogens (tertiary/aromatic N) is 6. The highest BCUT2D eigenvalue weighted by molar-refractivity contribution is 6.09. The summed E-state index contributed by atoms with van der Waals surface area (Å²) >= 11 is 0. The van der Waals surface area contributed by atoms with Gasteiger partial charge in [-0.2, -0.15) is 0 Å². The topological polar surface area (TPSA) is 61.4 Å². The molecule has 6 aromatic heterocycles. The molecule has 0 amide bonds. The summed E-state index contributed by atoms with van der Waals surface area (Å²) in [6, 6.07) is 63.3. The second-order valence-corrected chi connectivity index (χ2v) is 13.9. The van der Waals surface area contributed by atoms with Crippen LogP contribution in [0.15, 0.2) is 194 Å². The van der Waals surface area contributed by atoms with Crippen LogP contribution in [0.1, 0.15) is 0 Å². The maximum Gasteiger partial charge on any atom is 0.0963 e. The van der Waals surface area contributed by atoms with E-state index in [-0.39, 0.29) is 0 Å². The minimum Gasteiger partial charge on any atom is -0.308 e. The number of hydrogen-bond acceptors (Lipinski definition) is 4. The Morgan fingerprint density at radius 2 is 0.732 bits per heavy atom. The fourth-order valence-corrected chi connectivity index (χ4v) is 8.05. The van der Waals surface area contributed by atoms with Crippen LogP contribution in [0, 0.1) is 0 Å². The first-order valence-corrected chi connectivity index (χ1v) is 18.7. The van der Waals surface area contributed by atoms with E-state index in [1.54, 1.807) is 0 Å². The van der Waals surface area contributed by atoms with Crippen LogP contribution in [0.3, 0.4) is 0 Å². The molecule has 56 heavy (non-hydrogen) atoms. The van der Waals surface area contributed by atoms with Crippen molar-refractivity contribution in [1.82, 2.24) is 29.1 Å². The van der Waals surface area contributed by atoms with Crippen molar-refractivity contribution < 1.29 is 0 Å². The van der Waals surface area contributed by atoms with Crippen molar-refractivity contribution in [1.29, 1.82) is 0 Å². The monoisotopic (exact) mass is 716 g/mol. The number of fused-ring (bicyclic) bond motifs is 6. The van der Waals surface area contributed by atoms with Crippen LogP contribution in [0.25, 0.3) is 100 Å². The summed E-state index contributed by atoms with van der Waals surface area (Å²) in [4.78, 5) is 19.9. The van der Waals surface area contributed by atoms with Crippen LogP contribution in [0.2, 0.25) is 0 Å². The smallest absolute Gasteiger partial charge is 0.0963 e. The average molecular weight is 717 g/mol. The summed E-state index contributed by atoms with van der Waals surface area (Å²) in [5.74, 6) is 0. The van der Waals surface area contributed by atoms with Crippen LogP contribution in [0.5, 0.6) is 0 Å². The maximum atomic E-state index is 5.06. The Kier molecular flexibility index (Phi) is 7.38. The molecule has 0 aliphatic carbocycles. The Balaban J connectivity index is 1.03. The number of aromatic nitrogens is 6. The van der Waals surface area contributed by atoms with E-state index in [1.165, 1.54) is 0 Å². The standard InChI is InChI=1S/C50H32N6/c1-3-12-33(13-4-1)41-18-8-20-43(53-41)35-24-26-45-39(30-35)49-47(22-10-28-51-49)55(45)37-16-7-17-38(32-37)56-46-27-25-36(31-40(46)50-48(56)23-11-29-52-50)44-21-9-19-42(54-44)34-14-5-2-6-15-34/h1-32H. The highest BCUT2D eigenvalue weighted by atomic mass is 15.0. The molecule has 0 N–H and O–H groups in total. The second kappa shape index (κ2) is 13.0. The van der Waals surface area contributed by atoms with Gasteiger partial charge in [-0.25, -0.2) is 9.97 Å². The second-order valence-electron chi connectivity index (χ2n) is 13.9. The normalized spacial score (nSPS) is 11.6. The van der Waals surface area contributed by atoms with Crippen molar-refractivity contribution in [2.24, 2.45) is 0 Å². The maximum absolute atomic E-state index is 5.06. The molecule has 0 aliphatic heterocycles. The number of hydrogen-bond donors (Lipinski definition) is 0. The van der Waals surface area contributed by atoms with Crippen molar-refractivity contribution >= 4 is 43.9 Å². The molecule has 262 valence electrons. The van der Waals surface area contributed by atoms with Crippen molar-refractivity contribution in [3.8, 4) is 56.4 Å². The van der Waals surface area contributed by atoms with Crippen molar-refractivity contribution in [3.05, 3.63) is 194 Å².